The van der Waals surface area contributed by atoms with Gasteiger partial charge in [-0.3, -0.25) is 4.79 Å². The lowest BCUT2D eigenvalue weighted by molar-refractivity contribution is -0.123. The lowest BCUT2D eigenvalue weighted by atomic mass is 10.2. The van der Waals surface area contributed by atoms with Crippen LogP contribution in [0.1, 0.15) is 25.3 Å². The smallest absolute Gasteiger partial charge is 0.277 e. The Hall–Kier alpha value is -3.22. The quantitative estimate of drug-likeness (QED) is 0.364. The molecule has 0 radical (unpaired) electrons. The topological polar surface area (TPSA) is 78.4 Å². The first kappa shape index (κ1) is 21.1. The van der Waals surface area contributed by atoms with Crippen molar-refractivity contribution < 1.29 is 23.7 Å². The van der Waals surface area contributed by atoms with Crippen LogP contribution in [0.4, 0.5) is 0 Å². The number of hydrazone groups is 1. The first-order chi connectivity index (χ1) is 13.7. The van der Waals surface area contributed by atoms with Crippen LogP contribution in [-0.4, -0.2) is 39.6 Å². The Labute approximate surface area is 165 Å². The van der Waals surface area contributed by atoms with Gasteiger partial charge in [0.15, 0.2) is 18.1 Å². The second kappa shape index (κ2) is 11.5. The average Bonchev–Trinajstić information content (AvgIpc) is 2.73. The van der Waals surface area contributed by atoms with Crippen LogP contribution in [0.3, 0.4) is 0 Å². The van der Waals surface area contributed by atoms with E-state index in [-0.39, 0.29) is 12.5 Å². The van der Waals surface area contributed by atoms with Crippen molar-refractivity contribution in [1.29, 1.82) is 0 Å². The van der Waals surface area contributed by atoms with Crippen molar-refractivity contribution in [3.05, 3.63) is 48.0 Å². The molecule has 0 spiro atoms. The minimum Gasteiger partial charge on any atom is -0.497 e. The van der Waals surface area contributed by atoms with Crippen LogP contribution >= 0.6 is 0 Å². The van der Waals surface area contributed by atoms with Crippen molar-refractivity contribution in [2.75, 3.05) is 27.4 Å². The molecule has 2 aromatic rings. The fourth-order valence-corrected chi connectivity index (χ4v) is 2.26. The molecule has 0 aromatic heterocycles. The van der Waals surface area contributed by atoms with E-state index in [2.05, 4.69) is 17.5 Å². The van der Waals surface area contributed by atoms with E-state index < -0.39 is 0 Å². The van der Waals surface area contributed by atoms with Gasteiger partial charge in [0.1, 0.15) is 11.5 Å². The van der Waals surface area contributed by atoms with Crippen LogP contribution in [0, 0.1) is 0 Å². The van der Waals surface area contributed by atoms with Crippen LogP contribution < -0.4 is 24.4 Å². The molecule has 0 unspecified atom stereocenters. The molecule has 7 heteroatoms. The van der Waals surface area contributed by atoms with E-state index >= 15 is 0 Å². The second-order valence-electron chi connectivity index (χ2n) is 5.87. The van der Waals surface area contributed by atoms with E-state index in [1.54, 1.807) is 44.6 Å². The summed E-state index contributed by atoms with van der Waals surface area (Å²) < 4.78 is 21.6. The highest BCUT2D eigenvalue weighted by molar-refractivity contribution is 5.83. The lowest BCUT2D eigenvalue weighted by Crippen LogP contribution is -2.24. The highest BCUT2D eigenvalue weighted by Crippen LogP contribution is 2.27. The fraction of sp³-hybridized carbons (Fsp3) is 0.333. The van der Waals surface area contributed by atoms with Crippen molar-refractivity contribution in [3.8, 4) is 23.0 Å². The SMILES string of the molecule is CCCCOc1ccc(/C=N/NC(=O)COc2cccc(OC)c2)cc1OC. The minimum absolute atomic E-state index is 0.155. The van der Waals surface area contributed by atoms with Crippen molar-refractivity contribution >= 4 is 12.1 Å². The van der Waals surface area contributed by atoms with E-state index in [1.165, 1.54) is 6.21 Å². The Morgan fingerprint density at radius 2 is 1.86 bits per heavy atom. The van der Waals surface area contributed by atoms with Gasteiger partial charge >= 0.3 is 0 Å². The first-order valence-corrected chi connectivity index (χ1v) is 9.06. The van der Waals surface area contributed by atoms with Crippen LogP contribution in [-0.2, 0) is 4.79 Å². The summed E-state index contributed by atoms with van der Waals surface area (Å²) in [5.74, 6) is 2.14. The number of rotatable bonds is 11. The normalized spacial score (nSPS) is 10.5. The van der Waals surface area contributed by atoms with Crippen molar-refractivity contribution in [3.63, 3.8) is 0 Å². The summed E-state index contributed by atoms with van der Waals surface area (Å²) in [4.78, 5) is 11.9. The molecule has 0 saturated heterocycles. The molecule has 1 N–H and O–H groups in total. The highest BCUT2D eigenvalue weighted by atomic mass is 16.5. The fourth-order valence-electron chi connectivity index (χ4n) is 2.26. The second-order valence-corrected chi connectivity index (χ2v) is 5.87. The maximum absolute atomic E-state index is 11.9. The molecule has 0 aliphatic heterocycles. The predicted octanol–water partition coefficient (Wildman–Crippen LogP) is 3.41. The number of unbranched alkanes of at least 4 members (excludes halogenated alkanes) is 1. The third-order valence-electron chi connectivity index (χ3n) is 3.76. The summed E-state index contributed by atoms with van der Waals surface area (Å²) in [7, 11) is 3.15. The Balaban J connectivity index is 1.84. The highest BCUT2D eigenvalue weighted by Gasteiger charge is 2.06. The number of amides is 1. The van der Waals surface area contributed by atoms with Crippen molar-refractivity contribution in [2.45, 2.75) is 19.8 Å². The third-order valence-corrected chi connectivity index (χ3v) is 3.76. The summed E-state index contributed by atoms with van der Waals surface area (Å²) in [6, 6.07) is 12.5. The van der Waals surface area contributed by atoms with Crippen LogP contribution in [0.2, 0.25) is 0 Å². The molecule has 0 aliphatic rings. The molecule has 0 saturated carbocycles. The summed E-state index contributed by atoms with van der Waals surface area (Å²) in [5, 5.41) is 3.94. The van der Waals surface area contributed by atoms with Crippen LogP contribution in [0.5, 0.6) is 23.0 Å². The molecule has 0 atom stereocenters. The van der Waals surface area contributed by atoms with E-state index in [0.717, 1.165) is 18.4 Å². The molecule has 0 aliphatic carbocycles. The van der Waals surface area contributed by atoms with Gasteiger partial charge in [0.2, 0.25) is 0 Å². The maximum Gasteiger partial charge on any atom is 0.277 e. The summed E-state index contributed by atoms with van der Waals surface area (Å²) in [6.07, 6.45) is 3.58. The van der Waals surface area contributed by atoms with Gasteiger partial charge in [-0.15, -0.1) is 0 Å². The number of hydrogen-bond donors (Lipinski definition) is 1. The van der Waals surface area contributed by atoms with E-state index in [9.17, 15) is 4.79 Å². The first-order valence-electron chi connectivity index (χ1n) is 9.06. The summed E-state index contributed by atoms with van der Waals surface area (Å²) >= 11 is 0. The average molecular weight is 386 g/mol. The summed E-state index contributed by atoms with van der Waals surface area (Å²) in [5.41, 5.74) is 3.20. The van der Waals surface area contributed by atoms with Gasteiger partial charge in [0, 0.05) is 6.07 Å². The Bertz CT molecular complexity index is 792. The van der Waals surface area contributed by atoms with Gasteiger partial charge in [-0.2, -0.15) is 5.10 Å². The van der Waals surface area contributed by atoms with Crippen molar-refractivity contribution in [1.82, 2.24) is 5.43 Å². The maximum atomic E-state index is 11.9. The molecule has 1 amide bonds. The van der Waals surface area contributed by atoms with Gasteiger partial charge in [-0.05, 0) is 42.3 Å². The van der Waals surface area contributed by atoms with Gasteiger partial charge in [-0.1, -0.05) is 19.4 Å². The van der Waals surface area contributed by atoms with Gasteiger partial charge in [0.05, 0.1) is 27.0 Å². The minimum atomic E-state index is -0.370. The zero-order valence-corrected chi connectivity index (χ0v) is 16.4. The van der Waals surface area contributed by atoms with Crippen LogP contribution in [0.25, 0.3) is 0 Å². The number of nitrogens with one attached hydrogen (secondary N) is 1. The summed E-state index contributed by atoms with van der Waals surface area (Å²) in [6.45, 7) is 2.60. The van der Waals surface area contributed by atoms with Gasteiger partial charge in [-0.25, -0.2) is 5.43 Å². The number of carbonyl (C=O) groups excluding carboxylic acids is 1. The zero-order chi connectivity index (χ0) is 20.2. The van der Waals surface area contributed by atoms with Crippen LogP contribution in [0.15, 0.2) is 47.6 Å². The zero-order valence-electron chi connectivity index (χ0n) is 16.4. The Morgan fingerprint density at radius 3 is 2.61 bits per heavy atom. The molecule has 2 rings (SSSR count). The number of benzene rings is 2. The molecule has 28 heavy (non-hydrogen) atoms. The van der Waals surface area contributed by atoms with Gasteiger partial charge < -0.3 is 18.9 Å². The number of carbonyl (C=O) groups is 1. The molecule has 7 nitrogen and oxygen atoms in total. The largest absolute Gasteiger partial charge is 0.497 e. The number of methoxy groups -OCH3 is 2. The molecule has 150 valence electrons. The van der Waals surface area contributed by atoms with Crippen molar-refractivity contribution in [2.24, 2.45) is 5.10 Å². The molecule has 0 fully saturated rings. The monoisotopic (exact) mass is 386 g/mol. The number of ether oxygens (including phenoxy) is 4. The predicted molar refractivity (Wildman–Crippen MR) is 108 cm³/mol. The Kier molecular flexibility index (Phi) is 8.65. The lowest BCUT2D eigenvalue weighted by Gasteiger charge is -2.10. The van der Waals surface area contributed by atoms with E-state index in [1.807, 2.05) is 12.1 Å². The Morgan fingerprint density at radius 1 is 1.04 bits per heavy atom. The molecular formula is C21H26N2O5. The molecular weight excluding hydrogens is 360 g/mol. The third kappa shape index (κ3) is 6.83. The molecule has 2 aromatic carbocycles. The molecule has 0 heterocycles. The van der Waals surface area contributed by atoms with Gasteiger partial charge in [0.25, 0.3) is 5.91 Å². The number of hydrogen-bond acceptors (Lipinski definition) is 6. The van der Waals surface area contributed by atoms with E-state index in [4.69, 9.17) is 18.9 Å². The standard InChI is InChI=1S/C21H26N2O5/c1-4-5-11-27-19-10-9-16(12-20(19)26-3)14-22-23-21(24)15-28-18-8-6-7-17(13-18)25-2/h6-10,12-14H,4-5,11,15H2,1-3H3,(H,23,24)/b22-14+. The number of nitrogens with zero attached hydrogens (tertiary/aromatic N) is 1. The van der Waals surface area contributed by atoms with E-state index in [0.29, 0.717) is 29.6 Å². The molecule has 0 bridgehead atoms.